The fraction of sp³-hybridized carbons (Fsp3) is 0.333. The highest BCUT2D eigenvalue weighted by Gasteiger charge is 2.60. The molecule has 0 N–H and O–H groups in total. The van der Waals surface area contributed by atoms with Gasteiger partial charge in [0.25, 0.3) is 0 Å². The van der Waals surface area contributed by atoms with Crippen LogP contribution in [-0.2, 0) is 25.0 Å². The number of halogens is 5. The lowest BCUT2D eigenvalue weighted by Crippen LogP contribution is -2.34. The van der Waals surface area contributed by atoms with Crippen molar-refractivity contribution in [2.45, 2.75) is 25.9 Å². The Morgan fingerprint density at radius 1 is 1.21 bits per heavy atom. The predicted octanol–water partition coefficient (Wildman–Crippen LogP) is 4.63. The lowest BCUT2D eigenvalue weighted by molar-refractivity contribution is -0.291. The number of hydrogen-bond acceptors (Lipinski definition) is 7. The zero-order valence-electron chi connectivity index (χ0n) is 18.2. The van der Waals surface area contributed by atoms with Gasteiger partial charge in [-0.3, -0.25) is 0 Å². The Kier molecular flexibility index (Phi) is 9.89. The van der Waals surface area contributed by atoms with Gasteiger partial charge in [0.15, 0.2) is 0 Å². The highest BCUT2D eigenvalue weighted by atomic mass is 19.4. The molecule has 0 saturated carbocycles. The maximum Gasteiger partial charge on any atom is 0.459 e. The molecule has 0 bridgehead atoms. The molecule has 0 unspecified atom stereocenters. The second-order valence-corrected chi connectivity index (χ2v) is 6.27. The van der Waals surface area contributed by atoms with Crippen molar-refractivity contribution in [2.24, 2.45) is 5.16 Å². The van der Waals surface area contributed by atoms with E-state index in [9.17, 15) is 26.7 Å². The molecule has 0 spiro atoms. The zero-order valence-corrected chi connectivity index (χ0v) is 18.2. The number of carbonyl (C=O) groups is 1. The number of methoxy groups -OCH3 is 2. The van der Waals surface area contributed by atoms with Gasteiger partial charge >= 0.3 is 18.1 Å². The molecule has 0 aliphatic rings. The van der Waals surface area contributed by atoms with E-state index in [1.54, 1.807) is 25.2 Å². The summed E-state index contributed by atoms with van der Waals surface area (Å²) >= 11 is 0. The molecule has 0 atom stereocenters. The van der Waals surface area contributed by atoms with Gasteiger partial charge < -0.3 is 14.3 Å². The van der Waals surface area contributed by atoms with Gasteiger partial charge in [-0.05, 0) is 31.1 Å². The number of oxime groups is 1. The van der Waals surface area contributed by atoms with E-state index < -0.39 is 23.8 Å². The number of carbonyl (C=O) groups excluding carboxylic acids is 1. The quantitative estimate of drug-likeness (QED) is 0.0933. The number of ether oxygens (including phenoxy) is 2. The lowest BCUT2D eigenvalue weighted by Gasteiger charge is -2.18. The van der Waals surface area contributed by atoms with E-state index in [0.29, 0.717) is 18.0 Å². The van der Waals surface area contributed by atoms with Crippen LogP contribution in [0.1, 0.15) is 25.2 Å². The average Bonchev–Trinajstić information content (AvgIpc) is 2.77. The largest absolute Gasteiger partial charge is 0.503 e. The van der Waals surface area contributed by atoms with Gasteiger partial charge in [-0.2, -0.15) is 22.0 Å². The molecule has 0 radical (unpaired) electrons. The summed E-state index contributed by atoms with van der Waals surface area (Å²) in [5.74, 6) is -5.88. The Labute approximate surface area is 186 Å². The topological polar surface area (TPSA) is 82.9 Å². The first-order valence-electron chi connectivity index (χ1n) is 9.17. The van der Waals surface area contributed by atoms with E-state index in [1.807, 2.05) is 0 Å². The van der Waals surface area contributed by atoms with Gasteiger partial charge in [0.2, 0.25) is 0 Å². The Hall–Kier alpha value is -3.57. The minimum Gasteiger partial charge on any atom is -0.503 e. The molecular weight excluding hydrogens is 453 g/mol. The van der Waals surface area contributed by atoms with E-state index in [4.69, 9.17) is 9.57 Å². The van der Waals surface area contributed by atoms with Crippen molar-refractivity contribution in [3.63, 3.8) is 0 Å². The molecule has 7 nitrogen and oxygen atoms in total. The third-order valence-corrected chi connectivity index (χ3v) is 3.98. The Morgan fingerprint density at radius 2 is 1.88 bits per heavy atom. The minimum atomic E-state index is -5.82. The molecule has 0 aliphatic carbocycles. The molecule has 0 fully saturated rings. The molecule has 1 heterocycles. The average molecular weight is 475 g/mol. The number of hydrogen-bond donors (Lipinski definition) is 0. The van der Waals surface area contributed by atoms with Crippen molar-refractivity contribution in [3.05, 3.63) is 71.6 Å². The van der Waals surface area contributed by atoms with Gasteiger partial charge in [-0.1, -0.05) is 30.0 Å². The van der Waals surface area contributed by atoms with Gasteiger partial charge in [0.1, 0.15) is 29.9 Å². The number of nitrogens with zero attached hydrogens (tertiary/aromatic N) is 3. The van der Waals surface area contributed by atoms with Crippen LogP contribution in [0.15, 0.2) is 65.3 Å². The second-order valence-electron chi connectivity index (χ2n) is 6.27. The fourth-order valence-corrected chi connectivity index (χ4v) is 2.21. The maximum absolute atomic E-state index is 13.5. The van der Waals surface area contributed by atoms with Crippen LogP contribution in [0.3, 0.4) is 0 Å². The molecule has 0 aromatic carbocycles. The number of rotatable bonds is 10. The second kappa shape index (κ2) is 11.9. The van der Waals surface area contributed by atoms with Crippen LogP contribution in [0.5, 0.6) is 0 Å². The van der Waals surface area contributed by atoms with Gasteiger partial charge in [0, 0.05) is 0 Å². The number of esters is 1. The maximum atomic E-state index is 13.5. The zero-order chi connectivity index (χ0) is 25.2. The predicted molar refractivity (Wildman–Crippen MR) is 109 cm³/mol. The van der Waals surface area contributed by atoms with Crippen LogP contribution in [0.25, 0.3) is 0 Å². The van der Waals surface area contributed by atoms with Crippen molar-refractivity contribution in [2.75, 3.05) is 20.8 Å². The summed E-state index contributed by atoms with van der Waals surface area (Å²) in [5.41, 5.74) is -1.32. The molecule has 33 heavy (non-hydrogen) atoms. The van der Waals surface area contributed by atoms with Crippen LogP contribution in [0, 0.1) is 0 Å². The van der Waals surface area contributed by atoms with Crippen LogP contribution < -0.4 is 0 Å². The fourth-order valence-electron chi connectivity index (χ4n) is 2.21. The summed E-state index contributed by atoms with van der Waals surface area (Å²) in [6.07, 6.45) is 0.795. The monoisotopic (exact) mass is 475 g/mol. The summed E-state index contributed by atoms with van der Waals surface area (Å²) in [7, 11) is 2.50. The van der Waals surface area contributed by atoms with E-state index in [2.05, 4.69) is 26.4 Å². The summed E-state index contributed by atoms with van der Waals surface area (Å²) in [5, 5.41) is 3.71. The van der Waals surface area contributed by atoms with Crippen molar-refractivity contribution in [3.8, 4) is 0 Å². The highest BCUT2D eigenvalue weighted by Crippen LogP contribution is 2.42. The van der Waals surface area contributed by atoms with E-state index in [-0.39, 0.29) is 29.2 Å². The summed E-state index contributed by atoms with van der Waals surface area (Å²) in [4.78, 5) is 23.8. The van der Waals surface area contributed by atoms with Crippen LogP contribution >= 0.6 is 0 Å². The standard InChI is InChI=1S/C21H22F5N3O4/c1-6-7-8-15(13(2)16(11-31-4)19(30)32-5)10-33-29-14(3)17-9-18(28-12-27-17)20(22,23)21(24,25)26/h6-9,11-12H,2,10H2,1,3-5H3/b7-6-,15-8-,16-11+,29-14+. The van der Waals surface area contributed by atoms with Crippen molar-refractivity contribution in [1.82, 2.24) is 9.97 Å². The minimum absolute atomic E-state index is 0.00915. The Balaban J connectivity index is 3.13. The lowest BCUT2D eigenvalue weighted by atomic mass is 10.0. The Morgan fingerprint density at radius 3 is 2.42 bits per heavy atom. The molecule has 12 heteroatoms. The van der Waals surface area contributed by atoms with Gasteiger partial charge in [-0.15, -0.1) is 0 Å². The third-order valence-electron chi connectivity index (χ3n) is 3.98. The van der Waals surface area contributed by atoms with Gasteiger partial charge in [0.05, 0.1) is 26.2 Å². The van der Waals surface area contributed by atoms with E-state index >= 15 is 0 Å². The summed E-state index contributed by atoms with van der Waals surface area (Å²) in [6, 6.07) is 0.474. The molecule has 180 valence electrons. The van der Waals surface area contributed by atoms with Crippen LogP contribution in [0.4, 0.5) is 22.0 Å². The van der Waals surface area contributed by atoms with Crippen molar-refractivity contribution in [1.29, 1.82) is 0 Å². The van der Waals surface area contributed by atoms with E-state index in [0.717, 1.165) is 6.26 Å². The molecule has 1 aromatic rings. The summed E-state index contributed by atoms with van der Waals surface area (Å²) in [6.45, 7) is 6.63. The molecular formula is C21H22F5N3O4. The smallest absolute Gasteiger partial charge is 0.459 e. The molecule has 1 rings (SSSR count). The first-order valence-corrected chi connectivity index (χ1v) is 9.17. The third kappa shape index (κ3) is 7.22. The highest BCUT2D eigenvalue weighted by molar-refractivity contribution is 5.96. The first kappa shape index (κ1) is 27.5. The molecule has 0 saturated heterocycles. The summed E-state index contributed by atoms with van der Waals surface area (Å²) < 4.78 is 74.4. The molecule has 1 aromatic heterocycles. The van der Waals surface area contributed by atoms with Crippen LogP contribution in [0.2, 0.25) is 0 Å². The number of alkyl halides is 5. The normalized spacial score (nSPS) is 13.8. The number of allylic oxidation sites excluding steroid dienone is 3. The van der Waals surface area contributed by atoms with E-state index in [1.165, 1.54) is 21.1 Å². The Bertz CT molecular complexity index is 982. The van der Waals surface area contributed by atoms with Crippen LogP contribution in [-0.4, -0.2) is 48.7 Å². The van der Waals surface area contributed by atoms with Crippen molar-refractivity contribution < 1.29 is 41.1 Å². The molecule has 0 aliphatic heterocycles. The number of aromatic nitrogens is 2. The van der Waals surface area contributed by atoms with Gasteiger partial charge in [-0.25, -0.2) is 14.8 Å². The van der Waals surface area contributed by atoms with Crippen molar-refractivity contribution >= 4 is 11.7 Å². The molecule has 0 amide bonds. The SMILES string of the molecule is C=C(/C(=C\C=C/C)CO/N=C(\C)c1cc(C(F)(F)C(F)(F)F)ncn1)/C(=C\OC)C(=O)OC. The first-order chi connectivity index (χ1) is 15.4.